The predicted octanol–water partition coefficient (Wildman–Crippen LogP) is 2.17. The van der Waals surface area contributed by atoms with E-state index < -0.39 is 0 Å². The maximum absolute atomic E-state index is 9.21. The normalized spacial score (nSPS) is 25.5. The second-order valence-electron chi connectivity index (χ2n) is 3.79. The Balaban J connectivity index is 2.40. The first kappa shape index (κ1) is 9.03. The van der Waals surface area contributed by atoms with Crippen LogP contribution in [0.4, 0.5) is 5.69 Å². The van der Waals surface area contributed by atoms with Crippen molar-refractivity contribution in [1.82, 2.24) is 0 Å². The van der Waals surface area contributed by atoms with Crippen molar-refractivity contribution in [2.24, 2.45) is 0 Å². The van der Waals surface area contributed by atoms with Gasteiger partial charge in [-0.1, -0.05) is 22.0 Å². The molecule has 13 heavy (non-hydrogen) atoms. The Morgan fingerprint density at radius 3 is 3.00 bits per heavy atom. The molecule has 1 aromatic carbocycles. The van der Waals surface area contributed by atoms with Crippen LogP contribution in [0.15, 0.2) is 22.7 Å². The van der Waals surface area contributed by atoms with E-state index in [1.54, 1.807) is 0 Å². The fraction of sp³-hybridized carbons (Fsp3) is 0.400. The Hall–Kier alpha value is -0.540. The average Bonchev–Trinajstić information content (AvgIpc) is 2.45. The van der Waals surface area contributed by atoms with Crippen LogP contribution in [0.1, 0.15) is 12.5 Å². The molecule has 0 radical (unpaired) electrons. The maximum atomic E-state index is 9.21. The summed E-state index contributed by atoms with van der Waals surface area (Å²) >= 11 is 3.51. The predicted molar refractivity (Wildman–Crippen MR) is 57.0 cm³/mol. The van der Waals surface area contributed by atoms with E-state index in [2.05, 4.69) is 21.2 Å². The fourth-order valence-electron chi connectivity index (χ4n) is 1.71. The highest BCUT2D eigenvalue weighted by Gasteiger charge is 2.32. The highest BCUT2D eigenvalue weighted by molar-refractivity contribution is 9.10. The van der Waals surface area contributed by atoms with Gasteiger partial charge in [-0.15, -0.1) is 0 Å². The number of hydrogen-bond donors (Lipinski definition) is 2. The molecule has 2 rings (SSSR count). The highest BCUT2D eigenvalue weighted by Crippen LogP contribution is 2.36. The Bertz CT molecular complexity index is 340. The van der Waals surface area contributed by atoms with Gasteiger partial charge in [0.05, 0.1) is 12.1 Å². The summed E-state index contributed by atoms with van der Waals surface area (Å²) in [6.07, 6.45) is 0.875. The molecule has 1 aliphatic rings. The smallest absolute Gasteiger partial charge is 0.0662 e. The van der Waals surface area contributed by atoms with Crippen LogP contribution >= 0.6 is 15.9 Å². The first-order valence-electron chi connectivity index (χ1n) is 4.31. The van der Waals surface area contributed by atoms with Crippen molar-refractivity contribution in [3.63, 3.8) is 0 Å². The third-order valence-corrected chi connectivity index (χ3v) is 3.21. The largest absolute Gasteiger partial charge is 0.394 e. The Morgan fingerprint density at radius 1 is 1.62 bits per heavy atom. The number of nitrogens with one attached hydrogen (secondary N) is 1. The van der Waals surface area contributed by atoms with Crippen LogP contribution in [0.2, 0.25) is 0 Å². The zero-order valence-electron chi connectivity index (χ0n) is 7.47. The quantitative estimate of drug-likeness (QED) is 0.790. The molecule has 0 fully saturated rings. The van der Waals surface area contributed by atoms with Crippen LogP contribution in [-0.4, -0.2) is 17.3 Å². The average molecular weight is 242 g/mol. The fourth-order valence-corrected chi connectivity index (χ4v) is 2.22. The molecule has 0 aromatic heterocycles. The molecular weight excluding hydrogens is 230 g/mol. The third kappa shape index (κ3) is 1.46. The van der Waals surface area contributed by atoms with Gasteiger partial charge in [0.2, 0.25) is 0 Å². The van der Waals surface area contributed by atoms with Gasteiger partial charge in [0.25, 0.3) is 0 Å². The van der Waals surface area contributed by atoms with Gasteiger partial charge >= 0.3 is 0 Å². The van der Waals surface area contributed by atoms with Gasteiger partial charge in [-0.25, -0.2) is 0 Å². The van der Waals surface area contributed by atoms with Gasteiger partial charge in [-0.3, -0.25) is 0 Å². The minimum atomic E-state index is -0.188. The SMILES string of the molecule is CC1(CO)Cc2c(Br)cccc2N1. The molecule has 1 unspecified atom stereocenters. The van der Waals surface area contributed by atoms with Crippen LogP contribution in [-0.2, 0) is 6.42 Å². The number of aliphatic hydroxyl groups excluding tert-OH is 1. The van der Waals surface area contributed by atoms with E-state index in [1.807, 2.05) is 25.1 Å². The van der Waals surface area contributed by atoms with Crippen molar-refractivity contribution >= 4 is 21.6 Å². The second-order valence-corrected chi connectivity index (χ2v) is 4.64. The molecule has 0 amide bonds. The van der Waals surface area contributed by atoms with Gasteiger partial charge in [0.15, 0.2) is 0 Å². The van der Waals surface area contributed by atoms with Crippen molar-refractivity contribution in [2.45, 2.75) is 18.9 Å². The van der Waals surface area contributed by atoms with Crippen LogP contribution in [0.3, 0.4) is 0 Å². The Kier molecular flexibility index (Phi) is 2.08. The van der Waals surface area contributed by atoms with Crippen molar-refractivity contribution < 1.29 is 5.11 Å². The monoisotopic (exact) mass is 241 g/mol. The van der Waals surface area contributed by atoms with E-state index in [4.69, 9.17) is 0 Å². The molecule has 1 atom stereocenters. The number of halogens is 1. The molecule has 2 N–H and O–H groups in total. The molecule has 0 aliphatic carbocycles. The highest BCUT2D eigenvalue weighted by atomic mass is 79.9. The van der Waals surface area contributed by atoms with E-state index in [9.17, 15) is 5.11 Å². The molecule has 0 saturated carbocycles. The zero-order chi connectivity index (χ0) is 9.47. The van der Waals surface area contributed by atoms with E-state index >= 15 is 0 Å². The lowest BCUT2D eigenvalue weighted by atomic mass is 9.99. The standard InChI is InChI=1S/C10H12BrNO/c1-10(6-13)5-7-8(11)3-2-4-9(7)12-10/h2-4,12-13H,5-6H2,1H3. The maximum Gasteiger partial charge on any atom is 0.0662 e. The topological polar surface area (TPSA) is 32.3 Å². The molecule has 3 heteroatoms. The van der Waals surface area contributed by atoms with E-state index in [0.29, 0.717) is 0 Å². The zero-order valence-corrected chi connectivity index (χ0v) is 9.06. The van der Waals surface area contributed by atoms with Gasteiger partial charge in [0.1, 0.15) is 0 Å². The Morgan fingerprint density at radius 2 is 2.38 bits per heavy atom. The van der Waals surface area contributed by atoms with Crippen molar-refractivity contribution in [1.29, 1.82) is 0 Å². The Labute approximate surface area is 86.1 Å². The number of hydrogen-bond acceptors (Lipinski definition) is 2. The van der Waals surface area contributed by atoms with E-state index in [-0.39, 0.29) is 12.1 Å². The molecule has 1 aliphatic heterocycles. The van der Waals surface area contributed by atoms with Gasteiger partial charge < -0.3 is 10.4 Å². The van der Waals surface area contributed by atoms with Crippen molar-refractivity contribution in [2.75, 3.05) is 11.9 Å². The number of aliphatic hydroxyl groups is 1. The summed E-state index contributed by atoms with van der Waals surface area (Å²) in [5.41, 5.74) is 2.21. The summed E-state index contributed by atoms with van der Waals surface area (Å²) in [6.45, 7) is 2.19. The van der Waals surface area contributed by atoms with Gasteiger partial charge in [0, 0.05) is 16.6 Å². The van der Waals surface area contributed by atoms with Crippen molar-refractivity contribution in [3.8, 4) is 0 Å². The molecule has 2 nitrogen and oxygen atoms in total. The molecular formula is C10H12BrNO. The first-order valence-corrected chi connectivity index (χ1v) is 5.10. The molecule has 1 aromatic rings. The summed E-state index contributed by atoms with van der Waals surface area (Å²) in [5, 5.41) is 12.5. The minimum Gasteiger partial charge on any atom is -0.394 e. The van der Waals surface area contributed by atoms with Gasteiger partial charge in [-0.2, -0.15) is 0 Å². The summed E-state index contributed by atoms with van der Waals surface area (Å²) in [6, 6.07) is 6.07. The van der Waals surface area contributed by atoms with E-state index in [1.165, 1.54) is 5.56 Å². The molecule has 0 bridgehead atoms. The molecule has 70 valence electrons. The van der Waals surface area contributed by atoms with E-state index in [0.717, 1.165) is 16.6 Å². The van der Waals surface area contributed by atoms with Crippen LogP contribution in [0, 0.1) is 0 Å². The number of benzene rings is 1. The third-order valence-electron chi connectivity index (χ3n) is 2.47. The lowest BCUT2D eigenvalue weighted by Gasteiger charge is -2.21. The van der Waals surface area contributed by atoms with Gasteiger partial charge in [-0.05, 0) is 24.6 Å². The second kappa shape index (κ2) is 3.00. The summed E-state index contributed by atoms with van der Waals surface area (Å²) in [4.78, 5) is 0. The first-order chi connectivity index (χ1) is 6.14. The molecule has 0 saturated heterocycles. The summed E-state index contributed by atoms with van der Waals surface area (Å²) in [7, 11) is 0. The number of anilines is 1. The lowest BCUT2D eigenvalue weighted by Crippen LogP contribution is -2.36. The van der Waals surface area contributed by atoms with Crippen LogP contribution < -0.4 is 5.32 Å². The summed E-state index contributed by atoms with van der Waals surface area (Å²) < 4.78 is 1.12. The number of rotatable bonds is 1. The molecule has 0 spiro atoms. The van der Waals surface area contributed by atoms with Crippen LogP contribution in [0.5, 0.6) is 0 Å². The summed E-state index contributed by atoms with van der Waals surface area (Å²) in [5.74, 6) is 0. The number of fused-ring (bicyclic) bond motifs is 1. The minimum absolute atomic E-state index is 0.161. The van der Waals surface area contributed by atoms with Crippen molar-refractivity contribution in [3.05, 3.63) is 28.2 Å². The van der Waals surface area contributed by atoms with Crippen LogP contribution in [0.25, 0.3) is 0 Å². The lowest BCUT2D eigenvalue weighted by molar-refractivity contribution is 0.227. The molecule has 1 heterocycles.